The molecule has 0 aromatic rings. The van der Waals surface area contributed by atoms with E-state index in [0.29, 0.717) is 12.5 Å². The van der Waals surface area contributed by atoms with Crippen LogP contribution in [0.25, 0.3) is 0 Å². The first-order valence-corrected chi connectivity index (χ1v) is 6.70. The van der Waals surface area contributed by atoms with Crippen molar-refractivity contribution in [2.75, 3.05) is 19.7 Å². The van der Waals surface area contributed by atoms with Crippen LogP contribution in [0.2, 0.25) is 0 Å². The minimum atomic E-state index is 0.155. The molecule has 0 aliphatic heterocycles. The van der Waals surface area contributed by atoms with Crippen LogP contribution in [0, 0.1) is 11.8 Å². The van der Waals surface area contributed by atoms with Crippen LogP contribution in [-0.4, -0.2) is 30.3 Å². The van der Waals surface area contributed by atoms with E-state index in [1.807, 2.05) is 0 Å². The molecule has 1 saturated carbocycles. The van der Waals surface area contributed by atoms with Crippen molar-refractivity contribution in [2.24, 2.45) is 17.6 Å². The highest BCUT2D eigenvalue weighted by molar-refractivity contribution is 4.97. The Morgan fingerprint density at radius 2 is 2.12 bits per heavy atom. The third-order valence-electron chi connectivity index (χ3n) is 4.21. The summed E-state index contributed by atoms with van der Waals surface area (Å²) in [7, 11) is 0. The Bertz CT molecular complexity index is 198. The van der Waals surface area contributed by atoms with Gasteiger partial charge in [-0.25, -0.2) is 0 Å². The van der Waals surface area contributed by atoms with E-state index in [2.05, 4.69) is 19.2 Å². The fourth-order valence-electron chi connectivity index (χ4n) is 2.91. The van der Waals surface area contributed by atoms with Gasteiger partial charge >= 0.3 is 0 Å². The first-order chi connectivity index (χ1) is 7.64. The van der Waals surface area contributed by atoms with E-state index >= 15 is 0 Å². The molecule has 1 fully saturated rings. The summed E-state index contributed by atoms with van der Waals surface area (Å²) < 4.78 is 0. The maximum atomic E-state index is 8.76. The lowest BCUT2D eigenvalue weighted by Gasteiger charge is -2.45. The maximum Gasteiger partial charge on any atom is 0.0431 e. The van der Waals surface area contributed by atoms with Crippen molar-refractivity contribution in [3.63, 3.8) is 0 Å². The number of unbranched alkanes of at least 4 members (excludes halogenated alkanes) is 1. The van der Waals surface area contributed by atoms with Crippen LogP contribution in [-0.2, 0) is 0 Å². The third kappa shape index (κ3) is 3.44. The van der Waals surface area contributed by atoms with Gasteiger partial charge < -0.3 is 16.2 Å². The van der Waals surface area contributed by atoms with Crippen LogP contribution < -0.4 is 11.1 Å². The maximum absolute atomic E-state index is 8.76. The number of nitrogens with two attached hydrogens (primary N) is 1. The Morgan fingerprint density at radius 3 is 2.69 bits per heavy atom. The lowest BCUT2D eigenvalue weighted by Crippen LogP contribution is -2.58. The molecule has 0 bridgehead atoms. The predicted octanol–water partition coefficient (Wildman–Crippen LogP) is 1.50. The zero-order chi connectivity index (χ0) is 12.0. The largest absolute Gasteiger partial charge is 0.396 e. The number of aliphatic hydroxyl groups is 1. The van der Waals surface area contributed by atoms with Crippen molar-refractivity contribution in [3.05, 3.63) is 0 Å². The summed E-state index contributed by atoms with van der Waals surface area (Å²) >= 11 is 0. The lowest BCUT2D eigenvalue weighted by atomic mass is 9.70. The lowest BCUT2D eigenvalue weighted by molar-refractivity contribution is 0.128. The topological polar surface area (TPSA) is 58.3 Å². The first-order valence-electron chi connectivity index (χ1n) is 6.70. The van der Waals surface area contributed by atoms with Crippen LogP contribution in [0.3, 0.4) is 0 Å². The molecule has 16 heavy (non-hydrogen) atoms. The van der Waals surface area contributed by atoms with Gasteiger partial charge in [-0.1, -0.05) is 13.8 Å². The average Bonchev–Trinajstić information content (AvgIpc) is 2.28. The first kappa shape index (κ1) is 13.9. The molecule has 4 N–H and O–H groups in total. The summed E-state index contributed by atoms with van der Waals surface area (Å²) in [5.74, 6) is 1.50. The minimum Gasteiger partial charge on any atom is -0.396 e. The second-order valence-electron chi connectivity index (χ2n) is 5.50. The summed E-state index contributed by atoms with van der Waals surface area (Å²) in [5, 5.41) is 12.4. The van der Waals surface area contributed by atoms with Crippen LogP contribution >= 0.6 is 0 Å². The van der Waals surface area contributed by atoms with Crippen molar-refractivity contribution >= 4 is 0 Å². The zero-order valence-electron chi connectivity index (χ0n) is 10.8. The smallest absolute Gasteiger partial charge is 0.0431 e. The van der Waals surface area contributed by atoms with E-state index in [4.69, 9.17) is 10.8 Å². The van der Waals surface area contributed by atoms with Gasteiger partial charge in [-0.05, 0) is 50.5 Å². The summed E-state index contributed by atoms with van der Waals surface area (Å²) in [6.07, 6.45) is 5.70. The number of aliphatic hydroxyl groups excluding tert-OH is 1. The SMILES string of the molecule is CC1CCC(CN)(NCCCCO)C(C)C1. The molecule has 1 aliphatic rings. The minimum absolute atomic E-state index is 0.155. The van der Waals surface area contributed by atoms with Gasteiger partial charge in [0, 0.05) is 18.7 Å². The van der Waals surface area contributed by atoms with Gasteiger partial charge in [0.05, 0.1) is 0 Å². The molecular formula is C13H28N2O. The molecule has 0 aromatic carbocycles. The van der Waals surface area contributed by atoms with Crippen LogP contribution in [0.15, 0.2) is 0 Å². The molecule has 0 aromatic heterocycles. The molecule has 0 radical (unpaired) electrons. The standard InChI is InChI=1S/C13H28N2O/c1-11-5-6-13(10-14,12(2)9-11)15-7-3-4-8-16/h11-12,15-16H,3-10,14H2,1-2H3. The van der Waals surface area contributed by atoms with Crippen molar-refractivity contribution in [2.45, 2.75) is 51.5 Å². The van der Waals surface area contributed by atoms with Gasteiger partial charge in [0.2, 0.25) is 0 Å². The van der Waals surface area contributed by atoms with E-state index in [9.17, 15) is 0 Å². The molecule has 0 amide bonds. The van der Waals surface area contributed by atoms with Crippen molar-refractivity contribution in [1.29, 1.82) is 0 Å². The van der Waals surface area contributed by atoms with Gasteiger partial charge in [-0.3, -0.25) is 0 Å². The van der Waals surface area contributed by atoms with Crippen molar-refractivity contribution in [3.8, 4) is 0 Å². The van der Waals surface area contributed by atoms with Crippen LogP contribution in [0.4, 0.5) is 0 Å². The molecule has 3 unspecified atom stereocenters. The monoisotopic (exact) mass is 228 g/mol. The van der Waals surface area contributed by atoms with E-state index in [1.165, 1.54) is 19.3 Å². The van der Waals surface area contributed by atoms with Gasteiger partial charge in [-0.15, -0.1) is 0 Å². The van der Waals surface area contributed by atoms with Crippen LogP contribution in [0.5, 0.6) is 0 Å². The summed E-state index contributed by atoms with van der Waals surface area (Å²) in [6, 6.07) is 0. The summed E-state index contributed by atoms with van der Waals surface area (Å²) in [4.78, 5) is 0. The Kier molecular flexibility index (Phi) is 5.73. The van der Waals surface area contributed by atoms with E-state index in [1.54, 1.807) is 0 Å². The van der Waals surface area contributed by atoms with E-state index < -0.39 is 0 Å². The van der Waals surface area contributed by atoms with Gasteiger partial charge in [0.1, 0.15) is 0 Å². The van der Waals surface area contributed by atoms with E-state index in [-0.39, 0.29) is 5.54 Å². The average molecular weight is 228 g/mol. The molecule has 96 valence electrons. The quantitative estimate of drug-likeness (QED) is 0.604. The second-order valence-corrected chi connectivity index (χ2v) is 5.50. The highest BCUT2D eigenvalue weighted by Crippen LogP contribution is 2.36. The number of nitrogens with one attached hydrogen (secondary N) is 1. The predicted molar refractivity (Wildman–Crippen MR) is 68.3 cm³/mol. The Labute approximate surface area is 99.8 Å². The fourth-order valence-corrected chi connectivity index (χ4v) is 2.91. The Morgan fingerprint density at radius 1 is 1.38 bits per heavy atom. The third-order valence-corrected chi connectivity index (χ3v) is 4.21. The number of hydrogen-bond donors (Lipinski definition) is 3. The van der Waals surface area contributed by atoms with Gasteiger partial charge in [0.25, 0.3) is 0 Å². The molecule has 3 heteroatoms. The number of hydrogen-bond acceptors (Lipinski definition) is 3. The molecule has 3 atom stereocenters. The Balaban J connectivity index is 2.42. The van der Waals surface area contributed by atoms with Crippen molar-refractivity contribution in [1.82, 2.24) is 5.32 Å². The van der Waals surface area contributed by atoms with Gasteiger partial charge in [0.15, 0.2) is 0 Å². The highest BCUT2D eigenvalue weighted by atomic mass is 16.2. The fraction of sp³-hybridized carbons (Fsp3) is 1.00. The summed E-state index contributed by atoms with van der Waals surface area (Å²) in [6.45, 7) is 6.67. The zero-order valence-corrected chi connectivity index (χ0v) is 10.8. The molecule has 1 aliphatic carbocycles. The van der Waals surface area contributed by atoms with Crippen LogP contribution in [0.1, 0.15) is 46.0 Å². The molecule has 0 saturated heterocycles. The van der Waals surface area contributed by atoms with Crippen molar-refractivity contribution < 1.29 is 5.11 Å². The molecule has 1 rings (SSSR count). The Hall–Kier alpha value is -0.120. The molecule has 0 heterocycles. The number of rotatable bonds is 6. The summed E-state index contributed by atoms with van der Waals surface area (Å²) in [5.41, 5.74) is 6.13. The second kappa shape index (κ2) is 6.58. The van der Waals surface area contributed by atoms with Gasteiger partial charge in [-0.2, -0.15) is 0 Å². The molecule has 3 nitrogen and oxygen atoms in total. The highest BCUT2D eigenvalue weighted by Gasteiger charge is 2.38. The molecular weight excluding hydrogens is 200 g/mol. The van der Waals surface area contributed by atoms with E-state index in [0.717, 1.165) is 31.8 Å². The molecule has 0 spiro atoms. The normalized spacial score (nSPS) is 35.2.